The zero-order valence-electron chi connectivity index (χ0n) is 10.5. The molecule has 2 rings (SSSR count). The molecule has 0 aliphatic carbocycles. The predicted octanol–water partition coefficient (Wildman–Crippen LogP) is 0.624. The molecule has 0 bridgehead atoms. The largest absolute Gasteiger partial charge is 0.481 e. The molecule has 0 aromatic carbocycles. The third-order valence-corrected chi connectivity index (χ3v) is 3.52. The summed E-state index contributed by atoms with van der Waals surface area (Å²) in [6.07, 6.45) is -2.83. The van der Waals surface area contributed by atoms with E-state index >= 15 is 0 Å². The second-order valence-electron chi connectivity index (χ2n) is 4.72. The lowest BCUT2D eigenvalue weighted by atomic mass is 9.86. The lowest BCUT2D eigenvalue weighted by Gasteiger charge is -2.27. The smallest absolute Gasteiger partial charge is 0.406 e. The summed E-state index contributed by atoms with van der Waals surface area (Å²) < 4.78 is 40.3. The van der Waals surface area contributed by atoms with Crippen LogP contribution in [0.1, 0.15) is 6.42 Å². The first-order chi connectivity index (χ1) is 9.19. The minimum absolute atomic E-state index is 0.164. The van der Waals surface area contributed by atoms with Crippen LogP contribution in [0.25, 0.3) is 0 Å². The summed E-state index contributed by atoms with van der Waals surface area (Å²) in [6.45, 7) is -0.990. The van der Waals surface area contributed by atoms with Gasteiger partial charge >= 0.3 is 12.1 Å². The van der Waals surface area contributed by atoms with E-state index in [1.165, 1.54) is 24.0 Å². The molecule has 6 nitrogen and oxygen atoms in total. The highest BCUT2D eigenvalue weighted by Gasteiger charge is 2.64. The van der Waals surface area contributed by atoms with Crippen molar-refractivity contribution in [3.05, 3.63) is 22.7 Å². The number of aromatic nitrogens is 2. The number of rotatable bonds is 2. The Bertz CT molecular complexity index is 599. The maximum absolute atomic E-state index is 13.0. The first-order valence-corrected chi connectivity index (χ1v) is 5.76. The Kier molecular flexibility index (Phi) is 3.23. The number of carboxylic acids is 1. The van der Waals surface area contributed by atoms with Crippen molar-refractivity contribution in [2.24, 2.45) is 12.5 Å². The average Bonchev–Trinajstić information content (AvgIpc) is 2.78. The number of aliphatic carboxylic acids is 1. The average molecular weight is 291 g/mol. The van der Waals surface area contributed by atoms with Gasteiger partial charge in [-0.05, 0) is 6.42 Å². The van der Waals surface area contributed by atoms with Crippen molar-refractivity contribution in [3.8, 4) is 0 Å². The molecule has 1 atom stereocenters. The van der Waals surface area contributed by atoms with Crippen molar-refractivity contribution in [2.45, 2.75) is 12.6 Å². The van der Waals surface area contributed by atoms with Crippen LogP contribution in [0.5, 0.6) is 0 Å². The Morgan fingerprint density at radius 2 is 2.15 bits per heavy atom. The lowest BCUT2D eigenvalue weighted by Crippen LogP contribution is -2.47. The van der Waals surface area contributed by atoms with Crippen LogP contribution in [0.15, 0.2) is 17.2 Å². The van der Waals surface area contributed by atoms with E-state index in [2.05, 4.69) is 4.98 Å². The van der Waals surface area contributed by atoms with Crippen LogP contribution in [0.3, 0.4) is 0 Å². The second kappa shape index (κ2) is 4.50. The highest BCUT2D eigenvalue weighted by Crippen LogP contribution is 2.46. The van der Waals surface area contributed by atoms with Crippen LogP contribution in [0.4, 0.5) is 19.0 Å². The van der Waals surface area contributed by atoms with Crippen molar-refractivity contribution in [1.29, 1.82) is 0 Å². The molecule has 0 spiro atoms. The Balaban J connectivity index is 2.39. The van der Waals surface area contributed by atoms with Gasteiger partial charge in [-0.15, -0.1) is 0 Å². The van der Waals surface area contributed by atoms with E-state index in [9.17, 15) is 22.8 Å². The molecule has 0 saturated carbocycles. The third kappa shape index (κ3) is 2.02. The fourth-order valence-corrected chi connectivity index (χ4v) is 2.22. The molecule has 9 heteroatoms. The summed E-state index contributed by atoms with van der Waals surface area (Å²) >= 11 is 0. The van der Waals surface area contributed by atoms with Gasteiger partial charge in [0.05, 0.1) is 0 Å². The SMILES string of the molecule is Cn1ccnc(N2CCC(C(=O)O)(C(F)(F)F)C2)c1=O. The van der Waals surface area contributed by atoms with E-state index in [1.807, 2.05) is 0 Å². The van der Waals surface area contributed by atoms with E-state index < -0.39 is 36.1 Å². The lowest BCUT2D eigenvalue weighted by molar-refractivity contribution is -0.225. The Labute approximate surface area is 111 Å². The first-order valence-electron chi connectivity index (χ1n) is 5.76. The van der Waals surface area contributed by atoms with E-state index in [1.54, 1.807) is 0 Å². The maximum atomic E-state index is 13.0. The van der Waals surface area contributed by atoms with Gasteiger partial charge in [-0.1, -0.05) is 0 Å². The van der Waals surface area contributed by atoms with Crippen molar-refractivity contribution in [3.63, 3.8) is 0 Å². The van der Waals surface area contributed by atoms with Gasteiger partial charge in [0.15, 0.2) is 11.2 Å². The molecule has 110 valence electrons. The van der Waals surface area contributed by atoms with Gasteiger partial charge in [0.25, 0.3) is 5.56 Å². The molecule has 1 N–H and O–H groups in total. The highest BCUT2D eigenvalue weighted by atomic mass is 19.4. The molecule has 2 heterocycles. The zero-order chi connectivity index (χ0) is 15.1. The topological polar surface area (TPSA) is 75.4 Å². The molecular formula is C11H12F3N3O3. The van der Waals surface area contributed by atoms with Gasteiger partial charge in [0.2, 0.25) is 0 Å². The number of hydrogen-bond acceptors (Lipinski definition) is 4. The van der Waals surface area contributed by atoms with Crippen LogP contribution >= 0.6 is 0 Å². The standard InChI is InChI=1S/C11H12F3N3O3/c1-16-5-3-15-7(8(16)18)17-4-2-10(6-17,9(19)20)11(12,13)14/h3,5H,2,4,6H2,1H3,(H,19,20). The summed E-state index contributed by atoms with van der Waals surface area (Å²) in [5, 5.41) is 8.94. The Hall–Kier alpha value is -2.06. The van der Waals surface area contributed by atoms with Crippen molar-refractivity contribution in [2.75, 3.05) is 18.0 Å². The van der Waals surface area contributed by atoms with E-state index in [4.69, 9.17) is 5.11 Å². The minimum Gasteiger partial charge on any atom is -0.481 e. The summed E-state index contributed by atoms with van der Waals surface area (Å²) in [4.78, 5) is 27.7. The van der Waals surface area contributed by atoms with Crippen molar-refractivity contribution in [1.82, 2.24) is 9.55 Å². The first kappa shape index (κ1) is 14.4. The van der Waals surface area contributed by atoms with Gasteiger partial charge < -0.3 is 14.6 Å². The maximum Gasteiger partial charge on any atom is 0.406 e. The second-order valence-corrected chi connectivity index (χ2v) is 4.72. The highest BCUT2D eigenvalue weighted by molar-refractivity contribution is 5.77. The van der Waals surface area contributed by atoms with Crippen LogP contribution in [-0.2, 0) is 11.8 Å². The quantitative estimate of drug-likeness (QED) is 0.864. The van der Waals surface area contributed by atoms with Crippen LogP contribution < -0.4 is 10.5 Å². The number of hydrogen-bond donors (Lipinski definition) is 1. The number of carboxylic acid groups (broad SMARTS) is 1. The summed E-state index contributed by atoms with van der Waals surface area (Å²) in [6, 6.07) is 0. The fraction of sp³-hybridized carbons (Fsp3) is 0.545. The fourth-order valence-electron chi connectivity index (χ4n) is 2.22. The molecule has 1 fully saturated rings. The molecule has 1 saturated heterocycles. The number of nitrogens with zero attached hydrogens (tertiary/aromatic N) is 3. The van der Waals surface area contributed by atoms with Gasteiger partial charge in [-0.25, -0.2) is 4.98 Å². The molecule has 0 amide bonds. The summed E-state index contributed by atoms with van der Waals surface area (Å²) in [7, 11) is 1.44. The number of halogens is 3. The van der Waals surface area contributed by atoms with Gasteiger partial charge in [-0.2, -0.15) is 13.2 Å². The van der Waals surface area contributed by atoms with Crippen molar-refractivity contribution < 1.29 is 23.1 Å². The molecular weight excluding hydrogens is 279 g/mol. The van der Waals surface area contributed by atoms with E-state index in [-0.39, 0.29) is 12.4 Å². The number of aryl methyl sites for hydroxylation is 1. The molecule has 20 heavy (non-hydrogen) atoms. The molecule has 1 aromatic rings. The number of carbonyl (C=O) groups is 1. The zero-order valence-corrected chi connectivity index (χ0v) is 10.5. The number of alkyl halides is 3. The normalized spacial score (nSPS) is 23.1. The number of anilines is 1. The van der Waals surface area contributed by atoms with Crippen molar-refractivity contribution >= 4 is 11.8 Å². The molecule has 1 aromatic heterocycles. The minimum atomic E-state index is -4.88. The van der Waals surface area contributed by atoms with Crippen LogP contribution in [0.2, 0.25) is 0 Å². The van der Waals surface area contributed by atoms with E-state index in [0.717, 1.165) is 4.90 Å². The summed E-state index contributed by atoms with van der Waals surface area (Å²) in [5.41, 5.74) is -3.41. The molecule has 0 radical (unpaired) electrons. The summed E-state index contributed by atoms with van der Waals surface area (Å²) in [5.74, 6) is -2.09. The Morgan fingerprint density at radius 1 is 1.50 bits per heavy atom. The Morgan fingerprint density at radius 3 is 2.65 bits per heavy atom. The molecule has 1 aliphatic heterocycles. The van der Waals surface area contributed by atoms with E-state index in [0.29, 0.717) is 0 Å². The van der Waals surface area contributed by atoms with Gasteiger partial charge in [0, 0.05) is 32.5 Å². The molecule has 1 unspecified atom stereocenters. The van der Waals surface area contributed by atoms with Crippen LogP contribution in [-0.4, -0.2) is 39.9 Å². The monoisotopic (exact) mass is 291 g/mol. The van der Waals surface area contributed by atoms with Gasteiger partial charge in [0.1, 0.15) is 0 Å². The van der Waals surface area contributed by atoms with Gasteiger partial charge in [-0.3, -0.25) is 9.59 Å². The van der Waals surface area contributed by atoms with Crippen LogP contribution in [0, 0.1) is 5.41 Å². The predicted molar refractivity (Wildman–Crippen MR) is 62.4 cm³/mol. The third-order valence-electron chi connectivity index (χ3n) is 3.52. The molecule has 1 aliphatic rings.